The first-order valence-electron chi connectivity index (χ1n) is 8.08. The van der Waals surface area contributed by atoms with E-state index in [4.69, 9.17) is 4.74 Å². The predicted molar refractivity (Wildman–Crippen MR) is 95.0 cm³/mol. The fourth-order valence-corrected chi connectivity index (χ4v) is 4.21. The number of aryl methyl sites for hydroxylation is 1. The molecule has 0 aliphatic carbocycles. The van der Waals surface area contributed by atoms with E-state index in [0.717, 1.165) is 26.5 Å². The minimum absolute atomic E-state index is 0.0889. The maximum Gasteiger partial charge on any atom is 0.264 e. The second kappa shape index (κ2) is 6.03. The van der Waals surface area contributed by atoms with Crippen molar-refractivity contribution in [3.63, 3.8) is 0 Å². The summed E-state index contributed by atoms with van der Waals surface area (Å²) in [6.45, 7) is 5.88. The first-order chi connectivity index (χ1) is 11.6. The molecule has 6 heteroatoms. The summed E-state index contributed by atoms with van der Waals surface area (Å²) in [5.41, 5.74) is 1.95. The molecule has 1 amide bonds. The Labute approximate surface area is 144 Å². The van der Waals surface area contributed by atoms with Crippen molar-refractivity contribution in [3.05, 3.63) is 47.0 Å². The Morgan fingerprint density at radius 2 is 2.12 bits per heavy atom. The largest absolute Gasteiger partial charge is 0.377 e. The van der Waals surface area contributed by atoms with Gasteiger partial charge in [0.15, 0.2) is 0 Å². The Bertz CT molecular complexity index is 884. The Morgan fingerprint density at radius 1 is 1.33 bits per heavy atom. The van der Waals surface area contributed by atoms with Crippen LogP contribution in [0.3, 0.4) is 0 Å². The van der Waals surface area contributed by atoms with E-state index in [-0.39, 0.29) is 11.9 Å². The number of carbonyl (C=O) groups is 1. The van der Waals surface area contributed by atoms with E-state index in [9.17, 15) is 4.79 Å². The molecule has 1 atom stereocenters. The number of amides is 1. The van der Waals surface area contributed by atoms with Gasteiger partial charge in [0.25, 0.3) is 5.91 Å². The SMILES string of the molecule is Cc1nn(-c2ccccc2)c2sc(C(=O)N3CCOC[C@H]3C)cc12. The number of fused-ring (bicyclic) bond motifs is 1. The molecule has 0 radical (unpaired) electrons. The Kier molecular flexibility index (Phi) is 3.86. The minimum Gasteiger partial charge on any atom is -0.377 e. The summed E-state index contributed by atoms with van der Waals surface area (Å²) < 4.78 is 7.36. The van der Waals surface area contributed by atoms with Gasteiger partial charge in [-0.05, 0) is 32.0 Å². The van der Waals surface area contributed by atoms with Crippen LogP contribution in [0.2, 0.25) is 0 Å². The molecule has 1 saturated heterocycles. The van der Waals surface area contributed by atoms with Crippen LogP contribution in [-0.4, -0.2) is 46.4 Å². The molecule has 0 spiro atoms. The van der Waals surface area contributed by atoms with E-state index in [2.05, 4.69) is 5.10 Å². The lowest BCUT2D eigenvalue weighted by molar-refractivity contribution is 0.00387. The number of ether oxygens (including phenoxy) is 1. The van der Waals surface area contributed by atoms with Crippen molar-refractivity contribution in [2.75, 3.05) is 19.8 Å². The van der Waals surface area contributed by atoms with Crippen molar-refractivity contribution >= 4 is 27.5 Å². The Hall–Kier alpha value is -2.18. The third-order valence-corrected chi connectivity index (χ3v) is 5.48. The fourth-order valence-electron chi connectivity index (χ4n) is 3.07. The molecule has 2 aromatic heterocycles. The van der Waals surface area contributed by atoms with E-state index in [1.54, 1.807) is 0 Å². The van der Waals surface area contributed by atoms with E-state index >= 15 is 0 Å². The van der Waals surface area contributed by atoms with Crippen LogP contribution < -0.4 is 0 Å². The second-order valence-corrected chi connectivity index (χ2v) is 7.12. The van der Waals surface area contributed by atoms with E-state index in [1.807, 2.05) is 59.8 Å². The topological polar surface area (TPSA) is 47.4 Å². The molecule has 1 aliphatic rings. The van der Waals surface area contributed by atoms with Gasteiger partial charge in [-0.1, -0.05) is 18.2 Å². The Morgan fingerprint density at radius 3 is 2.88 bits per heavy atom. The van der Waals surface area contributed by atoms with E-state index in [1.165, 1.54) is 11.3 Å². The number of benzene rings is 1. The monoisotopic (exact) mass is 341 g/mol. The molecule has 5 nitrogen and oxygen atoms in total. The number of para-hydroxylation sites is 1. The van der Waals surface area contributed by atoms with Crippen molar-refractivity contribution in [1.82, 2.24) is 14.7 Å². The van der Waals surface area contributed by atoms with Crippen LogP contribution in [0.1, 0.15) is 22.3 Å². The number of rotatable bonds is 2. The zero-order chi connectivity index (χ0) is 16.7. The molecular formula is C18H19N3O2S. The lowest BCUT2D eigenvalue weighted by atomic mass is 10.2. The number of hydrogen-bond donors (Lipinski definition) is 0. The van der Waals surface area contributed by atoms with Gasteiger partial charge in [-0.3, -0.25) is 4.79 Å². The third-order valence-electron chi connectivity index (χ3n) is 4.38. The number of aromatic nitrogens is 2. The van der Waals surface area contributed by atoms with Crippen molar-refractivity contribution < 1.29 is 9.53 Å². The van der Waals surface area contributed by atoms with Crippen LogP contribution in [-0.2, 0) is 4.74 Å². The molecule has 1 aromatic carbocycles. The molecule has 3 heterocycles. The first-order valence-corrected chi connectivity index (χ1v) is 8.90. The zero-order valence-electron chi connectivity index (χ0n) is 13.7. The number of thiophene rings is 1. The number of nitrogens with zero attached hydrogens (tertiary/aromatic N) is 3. The summed E-state index contributed by atoms with van der Waals surface area (Å²) >= 11 is 1.51. The van der Waals surface area contributed by atoms with Crippen molar-refractivity contribution in [3.8, 4) is 5.69 Å². The van der Waals surface area contributed by atoms with Gasteiger partial charge in [-0.25, -0.2) is 4.68 Å². The van der Waals surface area contributed by atoms with Gasteiger partial charge in [0.1, 0.15) is 4.83 Å². The molecule has 4 rings (SSSR count). The molecule has 24 heavy (non-hydrogen) atoms. The molecular weight excluding hydrogens is 322 g/mol. The molecule has 0 saturated carbocycles. The molecule has 0 N–H and O–H groups in total. The van der Waals surface area contributed by atoms with Crippen LogP contribution in [0.25, 0.3) is 15.9 Å². The fraction of sp³-hybridized carbons (Fsp3) is 0.333. The van der Waals surface area contributed by atoms with Crippen molar-refractivity contribution in [2.24, 2.45) is 0 Å². The van der Waals surface area contributed by atoms with Gasteiger partial charge in [0.2, 0.25) is 0 Å². The molecule has 1 aliphatic heterocycles. The summed E-state index contributed by atoms with van der Waals surface area (Å²) in [5, 5.41) is 5.68. The first kappa shape index (κ1) is 15.4. The van der Waals surface area contributed by atoms with Gasteiger partial charge in [0.05, 0.1) is 35.5 Å². The van der Waals surface area contributed by atoms with Gasteiger partial charge in [-0.15, -0.1) is 11.3 Å². The number of hydrogen-bond acceptors (Lipinski definition) is 4. The van der Waals surface area contributed by atoms with Crippen molar-refractivity contribution in [2.45, 2.75) is 19.9 Å². The van der Waals surface area contributed by atoms with Gasteiger partial charge >= 0.3 is 0 Å². The van der Waals surface area contributed by atoms with Crippen LogP contribution >= 0.6 is 11.3 Å². The highest BCUT2D eigenvalue weighted by Gasteiger charge is 2.27. The highest BCUT2D eigenvalue weighted by molar-refractivity contribution is 7.20. The van der Waals surface area contributed by atoms with Crippen LogP contribution in [0.5, 0.6) is 0 Å². The molecule has 1 fully saturated rings. The molecule has 0 unspecified atom stereocenters. The number of carbonyl (C=O) groups excluding carboxylic acids is 1. The standard InChI is InChI=1S/C18H19N3O2S/c1-12-11-23-9-8-20(12)17(22)16-10-15-13(2)19-21(18(15)24-16)14-6-4-3-5-7-14/h3-7,10,12H,8-9,11H2,1-2H3/t12-/m1/s1. The van der Waals surface area contributed by atoms with Gasteiger partial charge < -0.3 is 9.64 Å². The highest BCUT2D eigenvalue weighted by atomic mass is 32.1. The summed E-state index contributed by atoms with van der Waals surface area (Å²) in [6, 6.07) is 12.1. The smallest absolute Gasteiger partial charge is 0.264 e. The lowest BCUT2D eigenvalue weighted by Gasteiger charge is -2.32. The third kappa shape index (κ3) is 2.52. The summed E-state index contributed by atoms with van der Waals surface area (Å²) in [6.07, 6.45) is 0. The van der Waals surface area contributed by atoms with E-state index < -0.39 is 0 Å². The number of morpholine rings is 1. The maximum atomic E-state index is 12.9. The lowest BCUT2D eigenvalue weighted by Crippen LogP contribution is -2.46. The average molecular weight is 341 g/mol. The van der Waals surface area contributed by atoms with Crippen molar-refractivity contribution in [1.29, 1.82) is 0 Å². The highest BCUT2D eigenvalue weighted by Crippen LogP contribution is 2.31. The van der Waals surface area contributed by atoms with Gasteiger partial charge in [-0.2, -0.15) is 5.10 Å². The average Bonchev–Trinajstić information content (AvgIpc) is 3.16. The Balaban J connectivity index is 1.75. The second-order valence-electron chi connectivity index (χ2n) is 6.08. The maximum absolute atomic E-state index is 12.9. The molecule has 3 aromatic rings. The summed E-state index contributed by atoms with van der Waals surface area (Å²) in [5.74, 6) is 0.0889. The summed E-state index contributed by atoms with van der Waals surface area (Å²) in [7, 11) is 0. The van der Waals surface area contributed by atoms with E-state index in [0.29, 0.717) is 19.8 Å². The zero-order valence-corrected chi connectivity index (χ0v) is 14.5. The molecule has 124 valence electrons. The molecule has 0 bridgehead atoms. The van der Waals surface area contributed by atoms with Crippen LogP contribution in [0, 0.1) is 6.92 Å². The van der Waals surface area contributed by atoms with Gasteiger partial charge in [0, 0.05) is 11.9 Å². The normalized spacial score (nSPS) is 18.2. The quantitative estimate of drug-likeness (QED) is 0.719. The van der Waals surface area contributed by atoms with Crippen LogP contribution in [0.4, 0.5) is 0 Å². The van der Waals surface area contributed by atoms with Crippen LogP contribution in [0.15, 0.2) is 36.4 Å². The minimum atomic E-state index is 0.0889. The summed E-state index contributed by atoms with van der Waals surface area (Å²) in [4.78, 5) is 16.6. The predicted octanol–water partition coefficient (Wildman–Crippen LogP) is 3.26.